The Morgan fingerprint density at radius 2 is 2.00 bits per heavy atom. The van der Waals surface area contributed by atoms with Crippen LogP contribution in [-0.4, -0.2) is 17.2 Å². The van der Waals surface area contributed by atoms with E-state index in [1.165, 1.54) is 0 Å². The fourth-order valence-corrected chi connectivity index (χ4v) is 0.986. The summed E-state index contributed by atoms with van der Waals surface area (Å²) < 4.78 is 0. The monoisotopic (exact) mass is 166 g/mol. The summed E-state index contributed by atoms with van der Waals surface area (Å²) in [5.41, 5.74) is 12.4. The predicted octanol–water partition coefficient (Wildman–Crippen LogP) is -1.59. The summed E-state index contributed by atoms with van der Waals surface area (Å²) in [4.78, 5) is 0. The molecule has 5 heteroatoms. The maximum Gasteiger partial charge on any atom is 0.490 e. The van der Waals surface area contributed by atoms with Crippen molar-refractivity contribution >= 4 is 18.3 Å². The van der Waals surface area contributed by atoms with Gasteiger partial charge in [-0.25, -0.2) is 0 Å². The summed E-state index contributed by atoms with van der Waals surface area (Å²) in [5.74, 6) is 0. The molecular weight excluding hydrogens is 155 g/mol. The van der Waals surface area contributed by atoms with Crippen molar-refractivity contribution in [3.05, 3.63) is 23.8 Å². The van der Waals surface area contributed by atoms with E-state index < -0.39 is 7.12 Å². The zero-order valence-electron chi connectivity index (χ0n) is 6.57. The van der Waals surface area contributed by atoms with Crippen LogP contribution in [-0.2, 0) is 6.54 Å². The summed E-state index contributed by atoms with van der Waals surface area (Å²) in [5, 5.41) is 17.6. The Kier molecular flexibility index (Phi) is 2.70. The lowest BCUT2D eigenvalue weighted by molar-refractivity contribution is 0.426. The minimum absolute atomic E-state index is 0.312. The smallest absolute Gasteiger partial charge is 0.423 e. The van der Waals surface area contributed by atoms with Crippen LogP contribution in [0.1, 0.15) is 5.56 Å². The molecule has 12 heavy (non-hydrogen) atoms. The topological polar surface area (TPSA) is 92.5 Å². The third-order valence-corrected chi connectivity index (χ3v) is 1.67. The van der Waals surface area contributed by atoms with Gasteiger partial charge in [0.1, 0.15) is 0 Å². The van der Waals surface area contributed by atoms with E-state index in [9.17, 15) is 0 Å². The lowest BCUT2D eigenvalue weighted by Crippen LogP contribution is -2.32. The van der Waals surface area contributed by atoms with E-state index in [1.54, 1.807) is 18.2 Å². The summed E-state index contributed by atoms with van der Waals surface area (Å²) in [7, 11) is -1.52. The fourth-order valence-electron chi connectivity index (χ4n) is 0.986. The van der Waals surface area contributed by atoms with Crippen LogP contribution >= 0.6 is 0 Å². The van der Waals surface area contributed by atoms with Crippen LogP contribution in [0.4, 0.5) is 5.69 Å². The zero-order chi connectivity index (χ0) is 9.14. The first kappa shape index (κ1) is 9.06. The number of rotatable bonds is 2. The van der Waals surface area contributed by atoms with Gasteiger partial charge in [0.15, 0.2) is 0 Å². The number of hydrogen-bond donors (Lipinski definition) is 4. The molecule has 1 rings (SSSR count). The molecule has 0 radical (unpaired) electrons. The first-order chi connectivity index (χ1) is 5.65. The highest BCUT2D eigenvalue weighted by Crippen LogP contribution is 2.03. The van der Waals surface area contributed by atoms with E-state index in [1.807, 2.05) is 0 Å². The fraction of sp³-hybridized carbons (Fsp3) is 0.143. The van der Waals surface area contributed by atoms with E-state index in [0.29, 0.717) is 17.7 Å². The van der Waals surface area contributed by atoms with Crippen molar-refractivity contribution in [2.75, 3.05) is 5.73 Å². The van der Waals surface area contributed by atoms with Gasteiger partial charge >= 0.3 is 7.12 Å². The van der Waals surface area contributed by atoms with Gasteiger partial charge in [0.05, 0.1) is 0 Å². The van der Waals surface area contributed by atoms with Crippen LogP contribution in [0.5, 0.6) is 0 Å². The molecule has 64 valence electrons. The first-order valence-corrected chi connectivity index (χ1v) is 3.59. The number of nitrogen functional groups attached to an aromatic ring is 1. The molecule has 0 aliphatic heterocycles. The second kappa shape index (κ2) is 3.58. The van der Waals surface area contributed by atoms with E-state index in [-0.39, 0.29) is 0 Å². The standard InChI is InChI=1S/C7H11BN2O2/c9-4-5-1-2-6(8(11)12)7(10)3-5/h1-3,11-12H,4,9-10H2. The van der Waals surface area contributed by atoms with Crippen LogP contribution in [0, 0.1) is 0 Å². The molecule has 6 N–H and O–H groups in total. The number of anilines is 1. The van der Waals surface area contributed by atoms with Gasteiger partial charge in [-0.2, -0.15) is 0 Å². The van der Waals surface area contributed by atoms with E-state index in [0.717, 1.165) is 5.56 Å². The molecule has 1 aromatic carbocycles. The number of nitrogens with two attached hydrogens (primary N) is 2. The van der Waals surface area contributed by atoms with Gasteiger partial charge in [0.2, 0.25) is 0 Å². The van der Waals surface area contributed by atoms with E-state index in [4.69, 9.17) is 21.5 Å². The maximum atomic E-state index is 8.81. The normalized spacial score (nSPS) is 9.92. The molecule has 0 saturated heterocycles. The van der Waals surface area contributed by atoms with Gasteiger partial charge in [-0.15, -0.1) is 0 Å². The largest absolute Gasteiger partial charge is 0.490 e. The van der Waals surface area contributed by atoms with Gasteiger partial charge in [-0.05, 0) is 11.6 Å². The van der Waals surface area contributed by atoms with Crippen LogP contribution in [0.15, 0.2) is 18.2 Å². The Bertz CT molecular complexity index is 278. The van der Waals surface area contributed by atoms with Crippen molar-refractivity contribution in [3.8, 4) is 0 Å². The van der Waals surface area contributed by atoms with Crippen LogP contribution < -0.4 is 16.9 Å². The third-order valence-electron chi connectivity index (χ3n) is 1.67. The molecule has 0 aromatic heterocycles. The van der Waals surface area contributed by atoms with Gasteiger partial charge in [-0.3, -0.25) is 0 Å². The highest BCUT2D eigenvalue weighted by atomic mass is 16.4. The third kappa shape index (κ3) is 1.76. The molecule has 0 unspecified atom stereocenters. The Morgan fingerprint density at radius 3 is 2.42 bits per heavy atom. The summed E-state index contributed by atoms with van der Waals surface area (Å²) in [6, 6.07) is 4.90. The lowest BCUT2D eigenvalue weighted by atomic mass is 9.78. The number of benzene rings is 1. The van der Waals surface area contributed by atoms with Crippen molar-refractivity contribution in [2.45, 2.75) is 6.54 Å². The van der Waals surface area contributed by atoms with Crippen molar-refractivity contribution < 1.29 is 10.0 Å². The Balaban J connectivity index is 3.03. The molecule has 1 aromatic rings. The van der Waals surface area contributed by atoms with Crippen molar-refractivity contribution in [1.29, 1.82) is 0 Å². The van der Waals surface area contributed by atoms with Crippen molar-refractivity contribution in [2.24, 2.45) is 5.73 Å². The van der Waals surface area contributed by atoms with E-state index >= 15 is 0 Å². The maximum absolute atomic E-state index is 8.81. The molecule has 0 amide bonds. The van der Waals surface area contributed by atoms with Gasteiger partial charge in [-0.1, -0.05) is 12.1 Å². The molecular formula is C7H11BN2O2. The average Bonchev–Trinajstić information content (AvgIpc) is 2.03. The highest BCUT2D eigenvalue weighted by Gasteiger charge is 2.13. The van der Waals surface area contributed by atoms with Gasteiger partial charge in [0, 0.05) is 17.7 Å². The molecule has 0 aliphatic carbocycles. The molecule has 0 atom stereocenters. The Labute approximate surface area is 71.0 Å². The molecule has 0 saturated carbocycles. The minimum Gasteiger partial charge on any atom is -0.423 e. The SMILES string of the molecule is NCc1ccc(B(O)O)c(N)c1. The number of hydrogen-bond acceptors (Lipinski definition) is 4. The Hall–Kier alpha value is -1.04. The summed E-state index contributed by atoms with van der Waals surface area (Å²) in [6.45, 7) is 0.395. The molecule has 0 heterocycles. The molecule has 4 nitrogen and oxygen atoms in total. The van der Waals surface area contributed by atoms with Crippen LogP contribution in [0.2, 0.25) is 0 Å². The van der Waals surface area contributed by atoms with Gasteiger partial charge < -0.3 is 21.5 Å². The van der Waals surface area contributed by atoms with Gasteiger partial charge in [0.25, 0.3) is 0 Å². The summed E-state index contributed by atoms with van der Waals surface area (Å²) >= 11 is 0. The van der Waals surface area contributed by atoms with Crippen molar-refractivity contribution in [3.63, 3.8) is 0 Å². The molecule has 0 fully saturated rings. The average molecular weight is 166 g/mol. The van der Waals surface area contributed by atoms with Crippen molar-refractivity contribution in [1.82, 2.24) is 0 Å². The van der Waals surface area contributed by atoms with Crippen LogP contribution in [0.25, 0.3) is 0 Å². The minimum atomic E-state index is -1.52. The predicted molar refractivity (Wildman–Crippen MR) is 48.6 cm³/mol. The molecule has 0 aliphatic rings. The second-order valence-corrected chi connectivity index (χ2v) is 2.54. The Morgan fingerprint density at radius 1 is 1.33 bits per heavy atom. The first-order valence-electron chi connectivity index (χ1n) is 3.59. The lowest BCUT2D eigenvalue weighted by Gasteiger charge is -2.05. The zero-order valence-corrected chi connectivity index (χ0v) is 6.57. The highest BCUT2D eigenvalue weighted by molar-refractivity contribution is 6.60. The van der Waals surface area contributed by atoms with E-state index in [2.05, 4.69) is 0 Å². The molecule has 0 spiro atoms. The second-order valence-electron chi connectivity index (χ2n) is 2.54. The quantitative estimate of drug-likeness (QED) is 0.314. The molecule has 0 bridgehead atoms. The van der Waals surface area contributed by atoms with Crippen LogP contribution in [0.3, 0.4) is 0 Å². The summed E-state index contributed by atoms with van der Waals surface area (Å²) in [6.07, 6.45) is 0.